The molecule has 1 aromatic rings. The average molecular weight is 446 g/mol. The van der Waals surface area contributed by atoms with E-state index in [1.807, 2.05) is 0 Å². The Bertz CT molecular complexity index is 751. The number of fused-ring (bicyclic) bond motifs is 1. The first kappa shape index (κ1) is 22.1. The molecular formula is C19H25Cl2N3O5. The van der Waals surface area contributed by atoms with Crippen LogP contribution in [0.25, 0.3) is 0 Å². The average Bonchev–Trinajstić information content (AvgIpc) is 2.68. The predicted molar refractivity (Wildman–Crippen MR) is 109 cm³/mol. The second kappa shape index (κ2) is 9.95. The van der Waals surface area contributed by atoms with Crippen LogP contribution in [0.3, 0.4) is 0 Å². The summed E-state index contributed by atoms with van der Waals surface area (Å²) in [5.41, 5.74) is 0.503. The van der Waals surface area contributed by atoms with E-state index in [1.165, 1.54) is 0 Å². The number of nitrogens with one attached hydrogen (secondary N) is 2. The van der Waals surface area contributed by atoms with Crippen LogP contribution in [0.2, 0.25) is 10.0 Å². The number of anilines is 1. The number of aliphatic hydroxyl groups excluding tert-OH is 1. The summed E-state index contributed by atoms with van der Waals surface area (Å²) in [4.78, 5) is 26.3. The van der Waals surface area contributed by atoms with Crippen molar-refractivity contribution >= 4 is 40.8 Å². The summed E-state index contributed by atoms with van der Waals surface area (Å²) in [6, 6.07) is 4.18. The fourth-order valence-electron chi connectivity index (χ4n) is 3.65. The first-order valence-electron chi connectivity index (χ1n) is 9.52. The Kier molecular flexibility index (Phi) is 7.59. The van der Waals surface area contributed by atoms with E-state index in [1.54, 1.807) is 30.1 Å². The number of hydrogen-bond acceptors (Lipinski definition) is 5. The van der Waals surface area contributed by atoms with Gasteiger partial charge in [-0.3, -0.25) is 4.79 Å². The van der Waals surface area contributed by atoms with Gasteiger partial charge in [0.05, 0.1) is 54.5 Å². The minimum atomic E-state index is -0.806. The fraction of sp³-hybridized carbons (Fsp3) is 0.579. The van der Waals surface area contributed by atoms with Crippen LogP contribution in [0, 0.1) is 0 Å². The fourth-order valence-corrected chi connectivity index (χ4v) is 3.95. The normalized spacial score (nSPS) is 27.4. The van der Waals surface area contributed by atoms with Gasteiger partial charge in [-0.05, 0) is 31.0 Å². The molecule has 2 saturated heterocycles. The molecule has 4 atom stereocenters. The zero-order chi connectivity index (χ0) is 21.0. The number of carbonyl (C=O) groups is 2. The largest absolute Gasteiger partial charge is 0.389 e. The summed E-state index contributed by atoms with van der Waals surface area (Å²) in [7, 11) is 1.59. The lowest BCUT2D eigenvalue weighted by molar-refractivity contribution is -0.149. The van der Waals surface area contributed by atoms with Crippen molar-refractivity contribution in [1.82, 2.24) is 10.2 Å². The quantitative estimate of drug-likeness (QED) is 0.662. The van der Waals surface area contributed by atoms with Gasteiger partial charge < -0.3 is 30.1 Å². The van der Waals surface area contributed by atoms with Crippen LogP contribution in [0.15, 0.2) is 18.2 Å². The zero-order valence-corrected chi connectivity index (χ0v) is 17.6. The Balaban J connectivity index is 1.73. The SMILES string of the molecule is CNC(=O)C[C@H]1CC[C@@H]2[C@H](COC[C@@H](O)CN2C(=O)Nc2ccc(Cl)c(Cl)c2)O1. The number of hydrogen-bond donors (Lipinski definition) is 3. The van der Waals surface area contributed by atoms with Crippen molar-refractivity contribution in [1.29, 1.82) is 0 Å². The molecule has 8 nitrogen and oxygen atoms in total. The molecule has 2 aliphatic rings. The Hall–Kier alpha value is -1.58. The monoisotopic (exact) mass is 445 g/mol. The molecular weight excluding hydrogens is 421 g/mol. The van der Waals surface area contributed by atoms with E-state index < -0.39 is 6.10 Å². The molecule has 0 radical (unpaired) electrons. The molecule has 0 aliphatic carbocycles. The predicted octanol–water partition coefficient (Wildman–Crippen LogP) is 2.27. The van der Waals surface area contributed by atoms with E-state index in [4.69, 9.17) is 32.7 Å². The summed E-state index contributed by atoms with van der Waals surface area (Å²) in [5.74, 6) is -0.0927. The lowest BCUT2D eigenvalue weighted by Crippen LogP contribution is -2.58. The second-order valence-corrected chi connectivity index (χ2v) is 8.04. The molecule has 29 heavy (non-hydrogen) atoms. The van der Waals surface area contributed by atoms with Gasteiger partial charge in [-0.1, -0.05) is 23.2 Å². The van der Waals surface area contributed by atoms with Gasteiger partial charge in [0, 0.05) is 12.7 Å². The maximum absolute atomic E-state index is 13.0. The Morgan fingerprint density at radius 3 is 2.76 bits per heavy atom. The molecule has 0 bridgehead atoms. The van der Waals surface area contributed by atoms with E-state index in [2.05, 4.69) is 10.6 Å². The van der Waals surface area contributed by atoms with Crippen molar-refractivity contribution in [2.75, 3.05) is 32.1 Å². The van der Waals surface area contributed by atoms with E-state index in [9.17, 15) is 14.7 Å². The van der Waals surface area contributed by atoms with Gasteiger partial charge in [0.15, 0.2) is 0 Å². The number of urea groups is 1. The summed E-state index contributed by atoms with van der Waals surface area (Å²) in [6.45, 7) is 0.448. The molecule has 3 N–H and O–H groups in total. The summed E-state index contributed by atoms with van der Waals surface area (Å²) < 4.78 is 11.6. The van der Waals surface area contributed by atoms with Crippen LogP contribution in [-0.2, 0) is 14.3 Å². The molecule has 0 unspecified atom stereocenters. The summed E-state index contributed by atoms with van der Waals surface area (Å²) in [5, 5.41) is 16.3. The van der Waals surface area contributed by atoms with Crippen LogP contribution in [0.1, 0.15) is 19.3 Å². The van der Waals surface area contributed by atoms with Gasteiger partial charge in [-0.25, -0.2) is 4.79 Å². The topological polar surface area (TPSA) is 100 Å². The van der Waals surface area contributed by atoms with Gasteiger partial charge in [0.25, 0.3) is 0 Å². The second-order valence-electron chi connectivity index (χ2n) is 7.22. The van der Waals surface area contributed by atoms with Gasteiger partial charge in [-0.15, -0.1) is 0 Å². The van der Waals surface area contributed by atoms with Gasteiger partial charge in [0.1, 0.15) is 6.10 Å². The number of carbonyl (C=O) groups excluding carboxylic acids is 2. The van der Waals surface area contributed by atoms with E-state index in [-0.39, 0.29) is 56.4 Å². The molecule has 0 saturated carbocycles. The highest BCUT2D eigenvalue weighted by Gasteiger charge is 2.40. The first-order valence-corrected chi connectivity index (χ1v) is 10.3. The molecule has 3 rings (SSSR count). The maximum Gasteiger partial charge on any atom is 0.322 e. The summed E-state index contributed by atoms with van der Waals surface area (Å²) in [6.07, 6.45) is 0.102. The number of nitrogens with zero attached hydrogens (tertiary/aromatic N) is 1. The van der Waals surface area contributed by atoms with Gasteiger partial charge in [0.2, 0.25) is 5.91 Å². The number of benzene rings is 1. The van der Waals surface area contributed by atoms with Crippen LogP contribution in [0.5, 0.6) is 0 Å². The van der Waals surface area contributed by atoms with E-state index in [0.29, 0.717) is 28.6 Å². The number of β-amino-alcohol motifs (C(OH)–C–C–N with tert-alkyl or cyclic N) is 1. The number of ether oxygens (including phenoxy) is 2. The molecule has 2 heterocycles. The van der Waals surface area contributed by atoms with Gasteiger partial charge >= 0.3 is 6.03 Å². The third-order valence-corrected chi connectivity index (χ3v) is 5.84. The van der Waals surface area contributed by atoms with Crippen molar-refractivity contribution in [2.24, 2.45) is 0 Å². The Morgan fingerprint density at radius 2 is 2.03 bits per heavy atom. The molecule has 1 aromatic carbocycles. The lowest BCUT2D eigenvalue weighted by Gasteiger charge is -2.44. The molecule has 2 fully saturated rings. The van der Waals surface area contributed by atoms with Crippen LogP contribution >= 0.6 is 23.2 Å². The number of aliphatic hydroxyl groups is 1. The first-order chi connectivity index (χ1) is 13.9. The number of amides is 3. The highest BCUT2D eigenvalue weighted by atomic mass is 35.5. The number of halogens is 2. The summed E-state index contributed by atoms with van der Waals surface area (Å²) >= 11 is 12.0. The van der Waals surface area contributed by atoms with Crippen molar-refractivity contribution in [3.63, 3.8) is 0 Å². The van der Waals surface area contributed by atoms with E-state index in [0.717, 1.165) is 0 Å². The van der Waals surface area contributed by atoms with Crippen molar-refractivity contribution < 1.29 is 24.2 Å². The minimum absolute atomic E-state index is 0.0927. The van der Waals surface area contributed by atoms with Crippen molar-refractivity contribution in [3.05, 3.63) is 28.2 Å². The third-order valence-electron chi connectivity index (χ3n) is 5.10. The smallest absolute Gasteiger partial charge is 0.322 e. The lowest BCUT2D eigenvalue weighted by atomic mass is 9.95. The maximum atomic E-state index is 13.0. The standard InChI is InChI=1S/C19H25Cl2N3O5/c1-22-18(26)7-13-3-5-16-17(29-13)10-28-9-12(25)8-24(16)19(27)23-11-2-4-14(20)15(21)6-11/h2,4,6,12-13,16-17,25H,3,5,7-10H2,1H3,(H,22,26)(H,23,27)/t12-,13+,16+,17-/m0/s1. The Morgan fingerprint density at radius 1 is 1.24 bits per heavy atom. The van der Waals surface area contributed by atoms with Crippen molar-refractivity contribution in [2.45, 2.75) is 43.6 Å². The highest BCUT2D eigenvalue weighted by molar-refractivity contribution is 6.42. The molecule has 3 amide bonds. The number of rotatable bonds is 3. The van der Waals surface area contributed by atoms with Crippen molar-refractivity contribution in [3.8, 4) is 0 Å². The zero-order valence-electron chi connectivity index (χ0n) is 16.1. The molecule has 2 aliphatic heterocycles. The van der Waals surface area contributed by atoms with Crippen LogP contribution in [-0.4, -0.2) is 73.1 Å². The van der Waals surface area contributed by atoms with Gasteiger partial charge in [-0.2, -0.15) is 0 Å². The Labute approximate surface area is 179 Å². The molecule has 10 heteroatoms. The van der Waals surface area contributed by atoms with Crippen LogP contribution < -0.4 is 10.6 Å². The molecule has 0 aromatic heterocycles. The molecule has 160 valence electrons. The molecule has 0 spiro atoms. The third kappa shape index (κ3) is 5.73. The van der Waals surface area contributed by atoms with E-state index >= 15 is 0 Å². The van der Waals surface area contributed by atoms with Crippen LogP contribution in [0.4, 0.5) is 10.5 Å². The minimum Gasteiger partial charge on any atom is -0.389 e. The highest BCUT2D eigenvalue weighted by Crippen LogP contribution is 2.29.